The molecular formula is C14H20N2OS. The van der Waals surface area contributed by atoms with Crippen LogP contribution >= 0.6 is 11.8 Å². The lowest BCUT2D eigenvalue weighted by Crippen LogP contribution is -2.31. The van der Waals surface area contributed by atoms with Crippen LogP contribution in [0.4, 0.5) is 0 Å². The molecule has 1 N–H and O–H groups in total. The van der Waals surface area contributed by atoms with E-state index in [4.69, 9.17) is 4.74 Å². The molecule has 1 aromatic carbocycles. The first-order valence-corrected chi connectivity index (χ1v) is 7.24. The van der Waals surface area contributed by atoms with E-state index in [0.717, 1.165) is 23.2 Å². The minimum absolute atomic E-state index is 0.560. The fourth-order valence-corrected chi connectivity index (χ4v) is 2.95. The summed E-state index contributed by atoms with van der Waals surface area (Å²) in [5.41, 5.74) is 1.21. The zero-order valence-electron chi connectivity index (χ0n) is 11.1. The molecule has 1 heterocycles. The molecule has 0 saturated carbocycles. The van der Waals surface area contributed by atoms with Crippen LogP contribution in [0.1, 0.15) is 19.4 Å². The number of aliphatic imine (C=N–C) groups is 1. The molecule has 1 aliphatic heterocycles. The van der Waals surface area contributed by atoms with Crippen molar-refractivity contribution >= 4 is 16.9 Å². The fraction of sp³-hybridized carbons (Fsp3) is 0.500. The van der Waals surface area contributed by atoms with Crippen LogP contribution in [-0.4, -0.2) is 24.1 Å². The van der Waals surface area contributed by atoms with Gasteiger partial charge in [-0.2, -0.15) is 0 Å². The van der Waals surface area contributed by atoms with Crippen LogP contribution in [0.25, 0.3) is 0 Å². The lowest BCUT2D eigenvalue weighted by Gasteiger charge is -2.13. The van der Waals surface area contributed by atoms with E-state index in [0.29, 0.717) is 12.0 Å². The van der Waals surface area contributed by atoms with Crippen molar-refractivity contribution in [2.24, 2.45) is 10.9 Å². The molecule has 0 aliphatic carbocycles. The van der Waals surface area contributed by atoms with Gasteiger partial charge in [-0.25, -0.2) is 0 Å². The quantitative estimate of drug-likeness (QED) is 0.908. The molecule has 3 nitrogen and oxygen atoms in total. The summed E-state index contributed by atoms with van der Waals surface area (Å²) in [5, 5.41) is 4.55. The van der Waals surface area contributed by atoms with Gasteiger partial charge in [-0.15, -0.1) is 0 Å². The van der Waals surface area contributed by atoms with Crippen molar-refractivity contribution < 1.29 is 4.74 Å². The van der Waals surface area contributed by atoms with Crippen LogP contribution in [0.3, 0.4) is 0 Å². The van der Waals surface area contributed by atoms with E-state index in [9.17, 15) is 0 Å². The van der Waals surface area contributed by atoms with Crippen LogP contribution in [0, 0.1) is 5.92 Å². The molecule has 1 saturated heterocycles. The summed E-state index contributed by atoms with van der Waals surface area (Å²) in [6.45, 7) is 5.21. The Balaban J connectivity index is 1.90. The Bertz CT molecular complexity index is 414. The van der Waals surface area contributed by atoms with Gasteiger partial charge in [0.15, 0.2) is 5.17 Å². The van der Waals surface area contributed by atoms with E-state index in [1.165, 1.54) is 5.56 Å². The zero-order chi connectivity index (χ0) is 13.0. The van der Waals surface area contributed by atoms with Crippen molar-refractivity contribution in [3.63, 3.8) is 0 Å². The van der Waals surface area contributed by atoms with E-state index >= 15 is 0 Å². The average molecular weight is 264 g/mol. The summed E-state index contributed by atoms with van der Waals surface area (Å²) in [6, 6.07) is 8.62. The van der Waals surface area contributed by atoms with E-state index in [1.807, 2.05) is 23.9 Å². The van der Waals surface area contributed by atoms with E-state index in [1.54, 1.807) is 7.11 Å². The number of hydrogen-bond donors (Lipinski definition) is 1. The zero-order valence-corrected chi connectivity index (χ0v) is 12.0. The van der Waals surface area contributed by atoms with Crippen molar-refractivity contribution in [3.8, 4) is 5.75 Å². The molecule has 18 heavy (non-hydrogen) atoms. The summed E-state index contributed by atoms with van der Waals surface area (Å²) >= 11 is 1.82. The minimum Gasteiger partial charge on any atom is -0.497 e. The Morgan fingerprint density at radius 2 is 2.11 bits per heavy atom. The van der Waals surface area contributed by atoms with Crippen LogP contribution < -0.4 is 10.1 Å². The van der Waals surface area contributed by atoms with E-state index in [2.05, 4.69) is 36.3 Å². The second-order valence-corrected chi connectivity index (χ2v) is 5.78. The summed E-state index contributed by atoms with van der Waals surface area (Å²) in [5.74, 6) is 2.67. The second-order valence-electron chi connectivity index (χ2n) is 4.78. The number of benzene rings is 1. The maximum atomic E-state index is 5.14. The molecule has 0 bridgehead atoms. The smallest absolute Gasteiger partial charge is 0.157 e. The van der Waals surface area contributed by atoms with Crippen LogP contribution in [0.15, 0.2) is 29.3 Å². The van der Waals surface area contributed by atoms with Crippen LogP contribution in [0.2, 0.25) is 0 Å². The van der Waals surface area contributed by atoms with Crippen molar-refractivity contribution in [2.75, 3.05) is 12.9 Å². The van der Waals surface area contributed by atoms with Gasteiger partial charge in [-0.1, -0.05) is 37.7 Å². The Labute approximate surface area is 113 Å². The number of nitrogens with zero attached hydrogens (tertiary/aromatic N) is 1. The standard InChI is InChI=1S/C14H20N2OS/c1-10(2)13-9-18-14(16-13)15-8-11-4-6-12(17-3)7-5-11/h4-7,10,13H,8-9H2,1-3H3,(H,15,16)/t13-/m1/s1. The Morgan fingerprint density at radius 1 is 1.39 bits per heavy atom. The number of nitrogens with one attached hydrogen (secondary N) is 1. The number of methoxy groups -OCH3 is 1. The number of amidine groups is 1. The lowest BCUT2D eigenvalue weighted by atomic mass is 10.1. The van der Waals surface area contributed by atoms with Crippen LogP contribution in [0.5, 0.6) is 5.75 Å². The molecular weight excluding hydrogens is 244 g/mol. The lowest BCUT2D eigenvalue weighted by molar-refractivity contribution is 0.414. The average Bonchev–Trinajstić information content (AvgIpc) is 2.86. The van der Waals surface area contributed by atoms with Gasteiger partial charge in [-0.05, 0) is 23.6 Å². The van der Waals surface area contributed by atoms with Crippen molar-refractivity contribution in [2.45, 2.75) is 26.4 Å². The van der Waals surface area contributed by atoms with Gasteiger partial charge in [0.05, 0.1) is 13.7 Å². The molecule has 1 aromatic rings. The summed E-state index contributed by atoms with van der Waals surface area (Å²) in [6.07, 6.45) is 0. The highest BCUT2D eigenvalue weighted by Gasteiger charge is 2.22. The first kappa shape index (κ1) is 13.3. The number of thioether (sulfide) groups is 1. The molecule has 0 aromatic heterocycles. The maximum Gasteiger partial charge on any atom is 0.157 e. The van der Waals surface area contributed by atoms with E-state index in [-0.39, 0.29) is 0 Å². The molecule has 1 aliphatic rings. The molecule has 98 valence electrons. The normalized spacial score (nSPS) is 21.3. The highest BCUT2D eigenvalue weighted by Crippen LogP contribution is 2.20. The maximum absolute atomic E-state index is 5.14. The molecule has 0 unspecified atom stereocenters. The third-order valence-electron chi connectivity index (χ3n) is 3.08. The number of rotatable bonds is 4. The van der Waals surface area contributed by atoms with E-state index < -0.39 is 0 Å². The third-order valence-corrected chi connectivity index (χ3v) is 4.12. The number of ether oxygens (including phenoxy) is 1. The largest absolute Gasteiger partial charge is 0.497 e. The molecule has 1 atom stereocenters. The van der Waals surface area contributed by atoms with Gasteiger partial charge in [0.1, 0.15) is 5.75 Å². The van der Waals surface area contributed by atoms with Crippen LogP contribution in [-0.2, 0) is 6.54 Å². The van der Waals surface area contributed by atoms with Gasteiger partial charge in [-0.3, -0.25) is 4.99 Å². The molecule has 4 heteroatoms. The summed E-state index contributed by atoms with van der Waals surface area (Å²) < 4.78 is 5.14. The van der Waals surface area contributed by atoms with Gasteiger partial charge in [0.25, 0.3) is 0 Å². The minimum atomic E-state index is 0.560. The Morgan fingerprint density at radius 3 is 2.67 bits per heavy atom. The highest BCUT2D eigenvalue weighted by atomic mass is 32.2. The highest BCUT2D eigenvalue weighted by molar-refractivity contribution is 8.14. The third kappa shape index (κ3) is 3.42. The van der Waals surface area contributed by atoms with Gasteiger partial charge in [0, 0.05) is 11.8 Å². The molecule has 1 fully saturated rings. The predicted molar refractivity (Wildman–Crippen MR) is 78.4 cm³/mol. The fourth-order valence-electron chi connectivity index (χ4n) is 1.76. The van der Waals surface area contributed by atoms with Crippen molar-refractivity contribution in [3.05, 3.63) is 29.8 Å². The molecule has 2 rings (SSSR count). The van der Waals surface area contributed by atoms with Crippen molar-refractivity contribution in [1.82, 2.24) is 5.32 Å². The first-order valence-electron chi connectivity index (χ1n) is 6.25. The molecule has 0 amide bonds. The van der Waals surface area contributed by atoms with Crippen molar-refractivity contribution in [1.29, 1.82) is 0 Å². The molecule has 0 spiro atoms. The SMILES string of the molecule is COc1ccc(CN=C2N[C@@H](C(C)C)CS2)cc1. The number of hydrogen-bond acceptors (Lipinski definition) is 3. The van der Waals surface area contributed by atoms with Gasteiger partial charge in [0.2, 0.25) is 0 Å². The second kappa shape index (κ2) is 6.14. The van der Waals surface area contributed by atoms with Gasteiger partial charge < -0.3 is 10.1 Å². The predicted octanol–water partition coefficient (Wildman–Crippen LogP) is 2.91. The Hall–Kier alpha value is -1.16. The Kier molecular flexibility index (Phi) is 4.53. The topological polar surface area (TPSA) is 33.6 Å². The van der Waals surface area contributed by atoms with Gasteiger partial charge >= 0.3 is 0 Å². The first-order chi connectivity index (χ1) is 8.69. The summed E-state index contributed by atoms with van der Waals surface area (Å²) in [4.78, 5) is 4.61. The monoisotopic (exact) mass is 264 g/mol. The summed E-state index contributed by atoms with van der Waals surface area (Å²) in [7, 11) is 1.68. The molecule has 0 radical (unpaired) electrons.